The predicted molar refractivity (Wildman–Crippen MR) is 103 cm³/mol. The van der Waals surface area contributed by atoms with E-state index in [1.54, 1.807) is 7.11 Å². The van der Waals surface area contributed by atoms with Crippen molar-refractivity contribution < 1.29 is 4.74 Å². The zero-order valence-corrected chi connectivity index (χ0v) is 14.1. The number of pyridine rings is 1. The van der Waals surface area contributed by atoms with Crippen molar-refractivity contribution in [3.63, 3.8) is 0 Å². The predicted octanol–water partition coefficient (Wildman–Crippen LogP) is 3.08. The van der Waals surface area contributed by atoms with Crippen LogP contribution in [0.1, 0.15) is 0 Å². The van der Waals surface area contributed by atoms with Gasteiger partial charge in [-0.1, -0.05) is 24.3 Å². The molecule has 0 bridgehead atoms. The minimum absolute atomic E-state index is 0.363. The van der Waals surface area contributed by atoms with Gasteiger partial charge >= 0.3 is 0 Å². The average molecular weight is 335 g/mol. The van der Waals surface area contributed by atoms with Gasteiger partial charge in [0, 0.05) is 23.7 Å². The van der Waals surface area contributed by atoms with Crippen molar-refractivity contribution in [2.75, 3.05) is 30.8 Å². The van der Waals surface area contributed by atoms with E-state index >= 15 is 0 Å². The van der Waals surface area contributed by atoms with Crippen molar-refractivity contribution in [2.24, 2.45) is 10.7 Å². The molecule has 1 aromatic heterocycles. The summed E-state index contributed by atoms with van der Waals surface area (Å²) in [5, 5.41) is 7.42. The van der Waals surface area contributed by atoms with E-state index in [0.717, 1.165) is 28.2 Å². The van der Waals surface area contributed by atoms with E-state index < -0.39 is 0 Å². The van der Waals surface area contributed by atoms with Crippen LogP contribution in [-0.4, -0.2) is 31.1 Å². The van der Waals surface area contributed by atoms with Crippen molar-refractivity contribution in [3.8, 4) is 5.75 Å². The molecule has 0 saturated carbocycles. The van der Waals surface area contributed by atoms with Gasteiger partial charge in [0.15, 0.2) is 5.96 Å². The number of aliphatic imine (C=N–C) groups is 1. The molecule has 1 heterocycles. The lowest BCUT2D eigenvalue weighted by Gasteiger charge is -2.08. The fraction of sp³-hybridized carbons (Fsp3) is 0.158. The Hall–Kier alpha value is -3.28. The topological polar surface area (TPSA) is 84.6 Å². The summed E-state index contributed by atoms with van der Waals surface area (Å²) >= 11 is 0. The van der Waals surface area contributed by atoms with E-state index in [-0.39, 0.29) is 0 Å². The number of methoxy groups -OCH3 is 1. The average Bonchev–Trinajstić information content (AvgIpc) is 2.65. The largest absolute Gasteiger partial charge is 0.497 e. The highest BCUT2D eigenvalue weighted by Crippen LogP contribution is 2.16. The lowest BCUT2D eigenvalue weighted by atomic mass is 10.2. The Kier molecular flexibility index (Phi) is 5.31. The van der Waals surface area contributed by atoms with Gasteiger partial charge in [-0.25, -0.2) is 4.98 Å². The third-order valence-corrected chi connectivity index (χ3v) is 3.64. The van der Waals surface area contributed by atoms with Crippen molar-refractivity contribution in [3.05, 3.63) is 60.7 Å². The second-order valence-corrected chi connectivity index (χ2v) is 5.44. The van der Waals surface area contributed by atoms with Gasteiger partial charge in [0.05, 0.1) is 19.2 Å². The number of nitrogens with zero attached hydrogens (tertiary/aromatic N) is 2. The molecular formula is C19H21N5O. The van der Waals surface area contributed by atoms with Crippen LogP contribution in [0.3, 0.4) is 0 Å². The Morgan fingerprint density at radius 1 is 1.12 bits per heavy atom. The molecule has 0 radical (unpaired) electrons. The minimum Gasteiger partial charge on any atom is -0.497 e. The molecule has 0 saturated heterocycles. The van der Waals surface area contributed by atoms with Crippen LogP contribution in [0.4, 0.5) is 11.5 Å². The highest BCUT2D eigenvalue weighted by atomic mass is 16.5. The van der Waals surface area contributed by atoms with Crippen LogP contribution in [-0.2, 0) is 0 Å². The first kappa shape index (κ1) is 16.6. The lowest BCUT2D eigenvalue weighted by molar-refractivity contribution is 0.415. The molecular weight excluding hydrogens is 314 g/mol. The molecule has 0 atom stereocenters. The van der Waals surface area contributed by atoms with Gasteiger partial charge in [0.25, 0.3) is 0 Å². The van der Waals surface area contributed by atoms with Crippen LogP contribution in [0.5, 0.6) is 5.75 Å². The molecule has 0 aliphatic heterocycles. The van der Waals surface area contributed by atoms with E-state index in [4.69, 9.17) is 10.5 Å². The Labute approximate surface area is 146 Å². The molecule has 128 valence electrons. The van der Waals surface area contributed by atoms with Crippen molar-refractivity contribution in [1.82, 2.24) is 4.98 Å². The molecule has 3 rings (SSSR count). The number of rotatable bonds is 6. The quantitative estimate of drug-likeness (QED) is 0.366. The number of ether oxygens (including phenoxy) is 1. The highest BCUT2D eigenvalue weighted by Gasteiger charge is 1.99. The van der Waals surface area contributed by atoms with E-state index in [9.17, 15) is 0 Å². The zero-order chi connectivity index (χ0) is 17.5. The van der Waals surface area contributed by atoms with Gasteiger partial charge in [-0.05, 0) is 30.3 Å². The summed E-state index contributed by atoms with van der Waals surface area (Å²) in [6, 6.07) is 19.6. The second-order valence-electron chi connectivity index (χ2n) is 5.44. The molecule has 0 aliphatic carbocycles. The molecule has 0 aliphatic rings. The molecule has 0 fully saturated rings. The second kappa shape index (κ2) is 8.01. The summed E-state index contributed by atoms with van der Waals surface area (Å²) in [5.41, 5.74) is 7.71. The van der Waals surface area contributed by atoms with E-state index in [1.807, 2.05) is 60.7 Å². The lowest BCUT2D eigenvalue weighted by Crippen LogP contribution is -2.23. The monoisotopic (exact) mass is 335 g/mol. The van der Waals surface area contributed by atoms with E-state index in [0.29, 0.717) is 19.0 Å². The van der Waals surface area contributed by atoms with Crippen LogP contribution in [0.25, 0.3) is 10.9 Å². The molecule has 25 heavy (non-hydrogen) atoms. The number of anilines is 2. The summed E-state index contributed by atoms with van der Waals surface area (Å²) in [5.74, 6) is 1.96. The maximum absolute atomic E-state index is 5.91. The first-order valence-corrected chi connectivity index (χ1v) is 8.05. The Balaban J connectivity index is 1.51. The molecule has 6 nitrogen and oxygen atoms in total. The van der Waals surface area contributed by atoms with Crippen LogP contribution >= 0.6 is 0 Å². The molecule has 6 heteroatoms. The van der Waals surface area contributed by atoms with Crippen LogP contribution in [0, 0.1) is 0 Å². The molecule has 4 N–H and O–H groups in total. The van der Waals surface area contributed by atoms with Crippen molar-refractivity contribution in [2.45, 2.75) is 0 Å². The summed E-state index contributed by atoms with van der Waals surface area (Å²) in [6.45, 7) is 1.18. The summed E-state index contributed by atoms with van der Waals surface area (Å²) in [4.78, 5) is 8.86. The first-order valence-electron chi connectivity index (χ1n) is 8.05. The third kappa shape index (κ3) is 4.60. The fourth-order valence-electron chi connectivity index (χ4n) is 2.41. The van der Waals surface area contributed by atoms with Crippen LogP contribution in [0.15, 0.2) is 65.7 Å². The number of benzene rings is 2. The number of fused-ring (bicyclic) bond motifs is 1. The zero-order valence-electron chi connectivity index (χ0n) is 14.1. The summed E-state index contributed by atoms with van der Waals surface area (Å²) < 4.78 is 5.18. The van der Waals surface area contributed by atoms with Gasteiger partial charge < -0.3 is 21.1 Å². The van der Waals surface area contributed by atoms with Gasteiger partial charge in [-0.3, -0.25) is 4.99 Å². The maximum Gasteiger partial charge on any atom is 0.193 e. The highest BCUT2D eigenvalue weighted by molar-refractivity contribution is 5.92. The van der Waals surface area contributed by atoms with E-state index in [1.165, 1.54) is 0 Å². The Morgan fingerprint density at radius 2 is 2.00 bits per heavy atom. The molecule has 2 aromatic carbocycles. The Bertz CT molecular complexity index is 878. The maximum atomic E-state index is 5.91. The number of nitrogens with two attached hydrogens (primary N) is 1. The molecule has 3 aromatic rings. The van der Waals surface area contributed by atoms with Crippen LogP contribution < -0.4 is 21.1 Å². The number of hydrogen-bond acceptors (Lipinski definition) is 4. The van der Waals surface area contributed by atoms with E-state index in [2.05, 4.69) is 20.6 Å². The minimum atomic E-state index is 0.363. The van der Waals surface area contributed by atoms with Gasteiger partial charge in [0.1, 0.15) is 11.6 Å². The number of para-hydroxylation sites is 1. The molecule has 0 spiro atoms. The van der Waals surface area contributed by atoms with Crippen molar-refractivity contribution in [1.29, 1.82) is 0 Å². The first-order chi connectivity index (χ1) is 12.2. The molecule has 0 amide bonds. The van der Waals surface area contributed by atoms with Gasteiger partial charge in [0.2, 0.25) is 0 Å². The number of hydrogen-bond donors (Lipinski definition) is 3. The third-order valence-electron chi connectivity index (χ3n) is 3.64. The molecule has 0 unspecified atom stereocenters. The number of nitrogens with one attached hydrogen (secondary N) is 2. The number of guanidine groups is 1. The van der Waals surface area contributed by atoms with Crippen LogP contribution in [0.2, 0.25) is 0 Å². The summed E-state index contributed by atoms with van der Waals surface area (Å²) in [7, 11) is 1.63. The van der Waals surface area contributed by atoms with Crippen molar-refractivity contribution >= 4 is 28.4 Å². The van der Waals surface area contributed by atoms with Gasteiger partial charge in [-0.15, -0.1) is 0 Å². The smallest absolute Gasteiger partial charge is 0.193 e. The standard InChI is InChI=1S/C19H21N5O/c1-25-16-7-4-6-15(13-16)23-19(20)22-12-11-21-18-10-9-14-5-2-3-8-17(14)24-18/h2-10,13H,11-12H2,1H3,(H,21,24)(H3,20,22,23). The number of aromatic nitrogens is 1. The normalized spacial score (nSPS) is 11.3. The Morgan fingerprint density at radius 3 is 2.88 bits per heavy atom. The summed E-state index contributed by atoms with van der Waals surface area (Å²) in [6.07, 6.45) is 0. The fourth-order valence-corrected chi connectivity index (χ4v) is 2.41. The van der Waals surface area contributed by atoms with Gasteiger partial charge in [-0.2, -0.15) is 0 Å². The SMILES string of the molecule is COc1cccc(NC(N)=NCCNc2ccc3ccccc3n2)c1.